The number of ketones is 1. The highest BCUT2D eigenvalue weighted by molar-refractivity contribution is 9.10. The van der Waals surface area contributed by atoms with E-state index < -0.39 is 5.97 Å². The Labute approximate surface area is 118 Å². The van der Waals surface area contributed by atoms with E-state index >= 15 is 0 Å². The average molecular weight is 322 g/mol. The summed E-state index contributed by atoms with van der Waals surface area (Å²) >= 11 is 3.16. The van der Waals surface area contributed by atoms with Gasteiger partial charge >= 0.3 is 5.97 Å². The summed E-state index contributed by atoms with van der Waals surface area (Å²) < 4.78 is 0.396. The van der Waals surface area contributed by atoms with Gasteiger partial charge in [-0.25, -0.2) is 4.79 Å². The van der Waals surface area contributed by atoms with Gasteiger partial charge in [0.05, 0.1) is 11.3 Å². The summed E-state index contributed by atoms with van der Waals surface area (Å²) in [5.41, 5.74) is 2.08. The maximum absolute atomic E-state index is 12.2. The number of carboxylic acid groups (broad SMARTS) is 1. The monoisotopic (exact) mass is 321 g/mol. The molecule has 0 bridgehead atoms. The second-order valence-electron chi connectivity index (χ2n) is 4.08. The Hall–Kier alpha value is -1.88. The number of hydrogen-bond acceptors (Lipinski definition) is 2. The highest BCUT2D eigenvalue weighted by Gasteiger charge is 2.14. The molecule has 4 nitrogen and oxygen atoms in total. The highest BCUT2D eigenvalue weighted by atomic mass is 79.9. The van der Waals surface area contributed by atoms with Crippen molar-refractivity contribution in [1.29, 1.82) is 0 Å². The van der Waals surface area contributed by atoms with Gasteiger partial charge in [0.2, 0.25) is 5.78 Å². The zero-order valence-electron chi connectivity index (χ0n) is 10.2. The smallest absolute Gasteiger partial charge is 0.336 e. The van der Waals surface area contributed by atoms with E-state index in [0.717, 1.165) is 12.1 Å². The van der Waals surface area contributed by atoms with Crippen molar-refractivity contribution in [2.24, 2.45) is 0 Å². The van der Waals surface area contributed by atoms with Crippen molar-refractivity contribution in [2.45, 2.75) is 13.3 Å². The predicted octanol–water partition coefficient (Wildman–Crippen LogP) is 3.27. The number of nitrogens with one attached hydrogen (secondary N) is 1. The van der Waals surface area contributed by atoms with E-state index in [1.165, 1.54) is 18.2 Å². The zero-order chi connectivity index (χ0) is 14.0. The lowest BCUT2D eigenvalue weighted by Crippen LogP contribution is -2.04. The molecule has 98 valence electrons. The molecule has 0 saturated heterocycles. The van der Waals surface area contributed by atoms with Gasteiger partial charge < -0.3 is 10.1 Å². The highest BCUT2D eigenvalue weighted by Crippen LogP contribution is 2.20. The van der Waals surface area contributed by atoms with Crippen molar-refractivity contribution in [2.75, 3.05) is 0 Å². The first kappa shape index (κ1) is 13.5. The second kappa shape index (κ2) is 5.40. The quantitative estimate of drug-likeness (QED) is 0.849. The molecule has 1 aromatic heterocycles. The van der Waals surface area contributed by atoms with Gasteiger partial charge in [-0.05, 0) is 46.6 Å². The van der Waals surface area contributed by atoms with E-state index in [-0.39, 0.29) is 11.3 Å². The van der Waals surface area contributed by atoms with E-state index in [0.29, 0.717) is 15.7 Å². The fourth-order valence-corrected chi connectivity index (χ4v) is 2.31. The molecule has 0 fully saturated rings. The summed E-state index contributed by atoms with van der Waals surface area (Å²) in [6.07, 6.45) is 0.828. The second-order valence-corrected chi connectivity index (χ2v) is 4.93. The van der Waals surface area contributed by atoms with Crippen LogP contribution in [0.1, 0.15) is 39.0 Å². The fourth-order valence-electron chi connectivity index (χ4n) is 1.76. The lowest BCUT2D eigenvalue weighted by atomic mass is 10.1. The molecule has 2 rings (SSSR count). The van der Waals surface area contributed by atoms with E-state index in [9.17, 15) is 9.59 Å². The molecule has 19 heavy (non-hydrogen) atoms. The van der Waals surface area contributed by atoms with Crippen LogP contribution in [0.4, 0.5) is 0 Å². The summed E-state index contributed by atoms with van der Waals surface area (Å²) in [6.45, 7) is 2.00. The molecule has 0 amide bonds. The Morgan fingerprint density at radius 3 is 2.53 bits per heavy atom. The number of H-pyrrole nitrogens is 1. The van der Waals surface area contributed by atoms with Crippen molar-refractivity contribution in [1.82, 2.24) is 4.98 Å². The number of aromatic amines is 1. The van der Waals surface area contributed by atoms with Gasteiger partial charge in [-0.2, -0.15) is 0 Å². The Kier molecular flexibility index (Phi) is 3.85. The van der Waals surface area contributed by atoms with Gasteiger partial charge in [0.25, 0.3) is 0 Å². The van der Waals surface area contributed by atoms with Crippen molar-refractivity contribution in [3.63, 3.8) is 0 Å². The van der Waals surface area contributed by atoms with Gasteiger partial charge in [0.15, 0.2) is 0 Å². The first-order chi connectivity index (χ1) is 9.02. The molecule has 0 saturated carbocycles. The summed E-state index contributed by atoms with van der Waals surface area (Å²) in [5.74, 6) is -1.18. The number of rotatable bonds is 4. The van der Waals surface area contributed by atoms with Crippen molar-refractivity contribution >= 4 is 27.7 Å². The standard InChI is InChI=1S/C14H12BrNO3/c1-2-9-4-6-12(16-9)13(17)8-3-5-10(14(18)19)11(15)7-8/h3-7,16H,2H2,1H3,(H,18,19). The molecule has 5 heteroatoms. The molecule has 0 atom stereocenters. The molecule has 0 aliphatic rings. The Bertz CT molecular complexity index is 646. The molecule has 2 aromatic rings. The Morgan fingerprint density at radius 1 is 1.26 bits per heavy atom. The average Bonchev–Trinajstić information content (AvgIpc) is 2.86. The van der Waals surface area contributed by atoms with E-state index in [2.05, 4.69) is 20.9 Å². The molecular formula is C14H12BrNO3. The predicted molar refractivity (Wildman–Crippen MR) is 74.7 cm³/mol. The summed E-state index contributed by atoms with van der Waals surface area (Å²) in [7, 11) is 0. The van der Waals surface area contributed by atoms with E-state index in [1.54, 1.807) is 6.07 Å². The minimum absolute atomic E-state index is 0.136. The molecule has 2 N–H and O–H groups in total. The van der Waals surface area contributed by atoms with Crippen molar-refractivity contribution in [3.8, 4) is 0 Å². The zero-order valence-corrected chi connectivity index (χ0v) is 11.8. The summed E-state index contributed by atoms with van der Waals surface area (Å²) in [6, 6.07) is 8.07. The lowest BCUT2D eigenvalue weighted by molar-refractivity contribution is 0.0695. The van der Waals surface area contributed by atoms with Gasteiger partial charge in [-0.3, -0.25) is 4.79 Å². The molecular weight excluding hydrogens is 310 g/mol. The SMILES string of the molecule is CCc1ccc(C(=O)c2ccc(C(=O)O)c(Br)c2)[nH]1. The topological polar surface area (TPSA) is 70.2 Å². The van der Waals surface area contributed by atoms with Crippen LogP contribution >= 0.6 is 15.9 Å². The van der Waals surface area contributed by atoms with E-state index in [1.807, 2.05) is 13.0 Å². The van der Waals surface area contributed by atoms with Crippen LogP contribution in [0.15, 0.2) is 34.8 Å². The van der Waals surface area contributed by atoms with Gasteiger partial charge in [0.1, 0.15) is 0 Å². The molecule has 0 spiro atoms. The lowest BCUT2D eigenvalue weighted by Gasteiger charge is -2.03. The number of hydrogen-bond donors (Lipinski definition) is 2. The number of halogens is 1. The van der Waals surface area contributed by atoms with Crippen LogP contribution in [-0.4, -0.2) is 21.8 Å². The van der Waals surface area contributed by atoms with Crippen LogP contribution in [0, 0.1) is 0 Å². The van der Waals surface area contributed by atoms with Gasteiger partial charge in [-0.1, -0.05) is 13.0 Å². The van der Waals surface area contributed by atoms with Crippen LogP contribution in [0.25, 0.3) is 0 Å². The third-order valence-electron chi connectivity index (χ3n) is 2.83. The first-order valence-electron chi connectivity index (χ1n) is 5.78. The Morgan fingerprint density at radius 2 is 2.00 bits per heavy atom. The van der Waals surface area contributed by atoms with Crippen molar-refractivity contribution in [3.05, 3.63) is 57.3 Å². The van der Waals surface area contributed by atoms with Crippen LogP contribution in [0.5, 0.6) is 0 Å². The fraction of sp³-hybridized carbons (Fsp3) is 0.143. The minimum atomic E-state index is -1.03. The van der Waals surface area contributed by atoms with Crippen LogP contribution < -0.4 is 0 Å². The molecule has 0 unspecified atom stereocenters. The van der Waals surface area contributed by atoms with Gasteiger partial charge in [0, 0.05) is 15.7 Å². The number of benzene rings is 1. The molecule has 0 radical (unpaired) electrons. The normalized spacial score (nSPS) is 10.4. The third-order valence-corrected chi connectivity index (χ3v) is 3.49. The minimum Gasteiger partial charge on any atom is -0.478 e. The summed E-state index contributed by atoms with van der Waals surface area (Å²) in [5, 5.41) is 8.93. The number of aromatic carboxylic acids is 1. The number of carbonyl (C=O) groups is 2. The number of aromatic nitrogens is 1. The molecule has 0 aliphatic carbocycles. The maximum atomic E-state index is 12.2. The van der Waals surface area contributed by atoms with Crippen molar-refractivity contribution < 1.29 is 14.7 Å². The van der Waals surface area contributed by atoms with Crippen LogP contribution in [0.2, 0.25) is 0 Å². The molecule has 1 heterocycles. The van der Waals surface area contributed by atoms with E-state index in [4.69, 9.17) is 5.11 Å². The third kappa shape index (κ3) is 2.76. The number of aryl methyl sites for hydroxylation is 1. The number of carbonyl (C=O) groups excluding carboxylic acids is 1. The van der Waals surface area contributed by atoms with Crippen LogP contribution in [0.3, 0.4) is 0 Å². The van der Waals surface area contributed by atoms with Crippen LogP contribution in [-0.2, 0) is 6.42 Å². The molecule has 1 aromatic carbocycles. The Balaban J connectivity index is 2.34. The largest absolute Gasteiger partial charge is 0.478 e. The molecule has 0 aliphatic heterocycles. The maximum Gasteiger partial charge on any atom is 0.336 e. The first-order valence-corrected chi connectivity index (χ1v) is 6.57. The summed E-state index contributed by atoms with van der Waals surface area (Å²) in [4.78, 5) is 26.1. The number of carboxylic acids is 1. The van der Waals surface area contributed by atoms with Gasteiger partial charge in [-0.15, -0.1) is 0 Å².